The van der Waals surface area contributed by atoms with Crippen molar-refractivity contribution in [2.75, 3.05) is 14.2 Å². The highest BCUT2D eigenvalue weighted by Gasteiger charge is 2.42. The van der Waals surface area contributed by atoms with Gasteiger partial charge in [0.15, 0.2) is 23.0 Å². The maximum Gasteiger partial charge on any atom is 0.228 e. The van der Waals surface area contributed by atoms with Gasteiger partial charge in [0.05, 0.1) is 25.4 Å². The summed E-state index contributed by atoms with van der Waals surface area (Å²) in [6.45, 7) is 5.65. The van der Waals surface area contributed by atoms with E-state index < -0.39 is 0 Å². The number of methoxy groups -OCH3 is 2. The summed E-state index contributed by atoms with van der Waals surface area (Å²) in [5, 5.41) is 0. The number of ketones is 2. The molecule has 0 fully saturated rings. The Morgan fingerprint density at radius 3 is 2.55 bits per heavy atom. The second-order valence-electron chi connectivity index (χ2n) is 5.35. The van der Waals surface area contributed by atoms with E-state index >= 15 is 0 Å². The molecule has 1 aliphatic heterocycles. The van der Waals surface area contributed by atoms with Crippen LogP contribution >= 0.6 is 0 Å². The Hall–Kier alpha value is -2.56. The van der Waals surface area contributed by atoms with Gasteiger partial charge in [0.25, 0.3) is 0 Å². The first-order valence-corrected chi connectivity index (χ1v) is 6.89. The Kier molecular flexibility index (Phi) is 3.28. The third-order valence-corrected chi connectivity index (χ3v) is 3.97. The molecule has 0 saturated carbocycles. The fraction of sp³-hybridized carbons (Fsp3) is 0.294. The normalized spacial score (nSPS) is 19.5. The largest absolute Gasteiger partial charge is 0.493 e. The highest BCUT2D eigenvalue weighted by molar-refractivity contribution is 6.27. The molecule has 5 nitrogen and oxygen atoms in total. The van der Waals surface area contributed by atoms with Gasteiger partial charge in [-0.3, -0.25) is 9.59 Å². The summed E-state index contributed by atoms with van der Waals surface area (Å²) in [6, 6.07) is 3.18. The molecule has 1 heterocycles. The summed E-state index contributed by atoms with van der Waals surface area (Å²) in [7, 11) is 2.93. The van der Waals surface area contributed by atoms with E-state index in [2.05, 4.69) is 6.58 Å². The fourth-order valence-corrected chi connectivity index (χ4v) is 2.81. The number of rotatable bonds is 3. The molecule has 3 rings (SSSR count). The lowest BCUT2D eigenvalue weighted by molar-refractivity contribution is 0.0875. The predicted octanol–water partition coefficient (Wildman–Crippen LogP) is 2.70. The zero-order valence-corrected chi connectivity index (χ0v) is 12.7. The lowest BCUT2D eigenvalue weighted by Crippen LogP contribution is -2.21. The minimum absolute atomic E-state index is 0.137. The van der Waals surface area contributed by atoms with Crippen molar-refractivity contribution >= 4 is 11.6 Å². The molecule has 1 aromatic rings. The van der Waals surface area contributed by atoms with Crippen LogP contribution in [0.25, 0.3) is 0 Å². The van der Waals surface area contributed by atoms with Crippen LogP contribution in [0, 0.1) is 0 Å². The molecule has 2 aliphatic rings. The Morgan fingerprint density at radius 1 is 1.23 bits per heavy atom. The number of hydrogen-bond acceptors (Lipinski definition) is 5. The van der Waals surface area contributed by atoms with E-state index in [4.69, 9.17) is 14.2 Å². The molecule has 0 saturated heterocycles. The summed E-state index contributed by atoms with van der Waals surface area (Å²) in [4.78, 5) is 25.4. The molecule has 5 heteroatoms. The second kappa shape index (κ2) is 5.02. The Labute approximate surface area is 128 Å². The van der Waals surface area contributed by atoms with Crippen LogP contribution in [0.1, 0.15) is 34.1 Å². The monoisotopic (exact) mass is 300 g/mol. The standard InChI is InChI=1S/C17H16O5/c1-8(2)12-7-10-14(18)13-9(15(19)16(10)22-12)5-6-11(20-3)17(13)21-4/h5-6,12H,1,7H2,2-4H3. The first-order chi connectivity index (χ1) is 10.5. The fourth-order valence-electron chi connectivity index (χ4n) is 2.81. The molecule has 0 radical (unpaired) electrons. The Bertz CT molecular complexity index is 742. The summed E-state index contributed by atoms with van der Waals surface area (Å²) in [6.07, 6.45) is 0.0230. The first kappa shape index (κ1) is 14.4. The van der Waals surface area contributed by atoms with E-state index in [0.29, 0.717) is 17.7 Å². The molecule has 0 N–H and O–H groups in total. The summed E-state index contributed by atoms with van der Waals surface area (Å²) >= 11 is 0. The van der Waals surface area contributed by atoms with Crippen LogP contribution in [0.5, 0.6) is 11.5 Å². The van der Waals surface area contributed by atoms with Crippen molar-refractivity contribution in [2.45, 2.75) is 19.4 Å². The highest BCUT2D eigenvalue weighted by atomic mass is 16.5. The second-order valence-corrected chi connectivity index (χ2v) is 5.35. The van der Waals surface area contributed by atoms with Gasteiger partial charge in [-0.1, -0.05) is 6.58 Å². The quantitative estimate of drug-likeness (QED) is 0.803. The molecular formula is C17H16O5. The van der Waals surface area contributed by atoms with E-state index in [1.54, 1.807) is 12.1 Å². The molecule has 1 aromatic carbocycles. The number of allylic oxidation sites excluding steroid dienone is 1. The minimum Gasteiger partial charge on any atom is -0.493 e. The van der Waals surface area contributed by atoms with Crippen LogP contribution in [0.15, 0.2) is 35.6 Å². The topological polar surface area (TPSA) is 61.8 Å². The molecule has 0 spiro atoms. The van der Waals surface area contributed by atoms with Gasteiger partial charge in [0, 0.05) is 12.0 Å². The number of Topliss-reactive ketones (excluding diaryl/α,β-unsaturated/α-hetero) is 2. The van der Waals surface area contributed by atoms with Crippen LogP contribution in [-0.2, 0) is 4.74 Å². The van der Waals surface area contributed by atoms with Crippen LogP contribution in [0.4, 0.5) is 0 Å². The molecule has 22 heavy (non-hydrogen) atoms. The average Bonchev–Trinajstić information content (AvgIpc) is 2.97. The molecule has 1 aliphatic carbocycles. The van der Waals surface area contributed by atoms with Gasteiger partial charge in [0.1, 0.15) is 6.10 Å². The van der Waals surface area contributed by atoms with E-state index in [1.165, 1.54) is 14.2 Å². The van der Waals surface area contributed by atoms with E-state index in [-0.39, 0.29) is 40.3 Å². The van der Waals surface area contributed by atoms with Crippen LogP contribution in [0.3, 0.4) is 0 Å². The Balaban J connectivity index is 2.15. The van der Waals surface area contributed by atoms with E-state index in [9.17, 15) is 9.59 Å². The lowest BCUT2D eigenvalue weighted by atomic mass is 9.86. The average molecular weight is 300 g/mol. The summed E-state index contributed by atoms with van der Waals surface area (Å²) in [5.74, 6) is 0.293. The van der Waals surface area contributed by atoms with E-state index in [1.807, 2.05) is 6.92 Å². The van der Waals surface area contributed by atoms with Gasteiger partial charge in [-0.15, -0.1) is 0 Å². The van der Waals surface area contributed by atoms with Crippen molar-refractivity contribution in [1.82, 2.24) is 0 Å². The molecular weight excluding hydrogens is 284 g/mol. The zero-order chi connectivity index (χ0) is 16.0. The van der Waals surface area contributed by atoms with Crippen molar-refractivity contribution in [3.63, 3.8) is 0 Å². The van der Waals surface area contributed by atoms with Gasteiger partial charge in [0.2, 0.25) is 5.78 Å². The third-order valence-electron chi connectivity index (χ3n) is 3.97. The van der Waals surface area contributed by atoms with Crippen LogP contribution in [-0.4, -0.2) is 31.9 Å². The summed E-state index contributed by atoms with van der Waals surface area (Å²) in [5.41, 5.74) is 1.70. The number of carbonyl (C=O) groups excluding carboxylic acids is 2. The maximum atomic E-state index is 12.8. The molecule has 1 unspecified atom stereocenters. The molecule has 0 amide bonds. The number of benzene rings is 1. The van der Waals surface area contributed by atoms with Gasteiger partial charge >= 0.3 is 0 Å². The van der Waals surface area contributed by atoms with E-state index in [0.717, 1.165) is 5.57 Å². The predicted molar refractivity (Wildman–Crippen MR) is 79.5 cm³/mol. The van der Waals surface area contributed by atoms with Gasteiger partial charge in [-0.2, -0.15) is 0 Å². The molecule has 0 aromatic heterocycles. The first-order valence-electron chi connectivity index (χ1n) is 6.89. The molecule has 0 bridgehead atoms. The van der Waals surface area contributed by atoms with Crippen molar-refractivity contribution in [3.8, 4) is 11.5 Å². The van der Waals surface area contributed by atoms with Crippen LogP contribution in [0.2, 0.25) is 0 Å². The van der Waals surface area contributed by atoms with Crippen molar-refractivity contribution < 1.29 is 23.8 Å². The van der Waals surface area contributed by atoms with Crippen molar-refractivity contribution in [1.29, 1.82) is 0 Å². The van der Waals surface area contributed by atoms with Gasteiger partial charge in [-0.25, -0.2) is 0 Å². The minimum atomic E-state index is -0.333. The summed E-state index contributed by atoms with van der Waals surface area (Å²) < 4.78 is 16.1. The lowest BCUT2D eigenvalue weighted by Gasteiger charge is -2.19. The zero-order valence-electron chi connectivity index (χ0n) is 12.7. The third kappa shape index (κ3) is 1.85. The number of fused-ring (bicyclic) bond motifs is 1. The Morgan fingerprint density at radius 2 is 1.95 bits per heavy atom. The highest BCUT2D eigenvalue weighted by Crippen LogP contribution is 2.43. The van der Waals surface area contributed by atoms with Crippen LogP contribution < -0.4 is 9.47 Å². The number of hydrogen-bond donors (Lipinski definition) is 0. The van der Waals surface area contributed by atoms with Gasteiger partial charge < -0.3 is 14.2 Å². The number of carbonyl (C=O) groups is 2. The molecule has 114 valence electrons. The van der Waals surface area contributed by atoms with Crippen molar-refractivity contribution in [2.24, 2.45) is 0 Å². The number of ether oxygens (including phenoxy) is 3. The van der Waals surface area contributed by atoms with Crippen molar-refractivity contribution in [3.05, 3.63) is 46.7 Å². The smallest absolute Gasteiger partial charge is 0.228 e. The molecule has 1 atom stereocenters. The SMILES string of the molecule is C=C(C)C1CC2=C(O1)C(=O)c1ccc(OC)c(OC)c1C2=O. The maximum absolute atomic E-state index is 12.8. The van der Waals surface area contributed by atoms with Gasteiger partial charge in [-0.05, 0) is 24.6 Å².